The van der Waals surface area contributed by atoms with Crippen molar-refractivity contribution in [2.75, 3.05) is 0 Å². The molecule has 0 spiro atoms. The third-order valence-electron chi connectivity index (χ3n) is 6.87. The molecular formula is C30H30N4O2. The van der Waals surface area contributed by atoms with Gasteiger partial charge in [-0.1, -0.05) is 63.1 Å². The van der Waals surface area contributed by atoms with Crippen LogP contribution < -0.4 is 0 Å². The quantitative estimate of drug-likeness (QED) is 0.224. The van der Waals surface area contributed by atoms with Crippen LogP contribution in [-0.4, -0.2) is 25.3 Å². The summed E-state index contributed by atoms with van der Waals surface area (Å²) in [6.45, 7) is 4.72. The second-order valence-electron chi connectivity index (χ2n) is 9.01. The van der Waals surface area contributed by atoms with Gasteiger partial charge < -0.3 is 9.30 Å². The van der Waals surface area contributed by atoms with Crippen LogP contribution in [0, 0.1) is 5.92 Å². The van der Waals surface area contributed by atoms with E-state index in [2.05, 4.69) is 59.0 Å². The summed E-state index contributed by atoms with van der Waals surface area (Å²) in [5.74, 6) is 0.147. The van der Waals surface area contributed by atoms with Crippen molar-refractivity contribution in [2.24, 2.45) is 5.92 Å². The molecule has 6 nitrogen and oxygen atoms in total. The number of nitrogens with zero attached hydrogens (tertiary/aromatic N) is 4. The van der Waals surface area contributed by atoms with Crippen molar-refractivity contribution < 1.29 is 9.53 Å². The Morgan fingerprint density at radius 1 is 0.944 bits per heavy atom. The van der Waals surface area contributed by atoms with Gasteiger partial charge in [0.15, 0.2) is 0 Å². The second kappa shape index (κ2) is 10.6. The molecule has 0 saturated carbocycles. The summed E-state index contributed by atoms with van der Waals surface area (Å²) < 4.78 is 9.58. The number of fused-ring (bicyclic) bond motifs is 1. The fourth-order valence-corrected chi connectivity index (χ4v) is 4.87. The van der Waals surface area contributed by atoms with Gasteiger partial charge in [-0.25, -0.2) is 14.5 Å². The van der Waals surface area contributed by atoms with Gasteiger partial charge >= 0.3 is 5.97 Å². The number of ether oxygens (including phenoxy) is 1. The van der Waals surface area contributed by atoms with Crippen molar-refractivity contribution in [3.8, 4) is 5.69 Å². The van der Waals surface area contributed by atoms with E-state index in [9.17, 15) is 4.79 Å². The highest BCUT2D eigenvalue weighted by Crippen LogP contribution is 2.33. The smallest absolute Gasteiger partial charge is 0.338 e. The molecule has 0 amide bonds. The lowest BCUT2D eigenvalue weighted by molar-refractivity contribution is 0.0472. The molecule has 0 saturated heterocycles. The maximum absolute atomic E-state index is 12.5. The van der Waals surface area contributed by atoms with E-state index in [1.54, 1.807) is 6.33 Å². The van der Waals surface area contributed by atoms with Gasteiger partial charge in [0.2, 0.25) is 0 Å². The SMILES string of the molecule is CCC(CC)C(c1ccc2c(ccn2-c2ccc(C(=O)OCc3ccccc3)cc2)c1)n1cncn1. The number of esters is 1. The first kappa shape index (κ1) is 23.5. The topological polar surface area (TPSA) is 61.9 Å². The molecule has 182 valence electrons. The molecule has 2 aromatic heterocycles. The zero-order valence-electron chi connectivity index (χ0n) is 20.6. The van der Waals surface area contributed by atoms with Crippen LogP contribution in [0.25, 0.3) is 16.6 Å². The Balaban J connectivity index is 1.37. The van der Waals surface area contributed by atoms with Gasteiger partial charge in [-0.05, 0) is 59.5 Å². The summed E-state index contributed by atoms with van der Waals surface area (Å²) in [7, 11) is 0. The number of carbonyl (C=O) groups is 1. The van der Waals surface area contributed by atoms with Crippen molar-refractivity contribution in [3.63, 3.8) is 0 Å². The summed E-state index contributed by atoms with van der Waals surface area (Å²) >= 11 is 0. The summed E-state index contributed by atoms with van der Waals surface area (Å²) in [5.41, 5.74) is 4.84. The van der Waals surface area contributed by atoms with E-state index in [1.807, 2.05) is 65.6 Å². The van der Waals surface area contributed by atoms with Gasteiger partial charge in [0.25, 0.3) is 0 Å². The van der Waals surface area contributed by atoms with Crippen LogP contribution in [0.5, 0.6) is 0 Å². The van der Waals surface area contributed by atoms with Crippen molar-refractivity contribution in [2.45, 2.75) is 39.3 Å². The van der Waals surface area contributed by atoms with E-state index in [4.69, 9.17) is 4.74 Å². The average Bonchev–Trinajstić information content (AvgIpc) is 3.61. The Bertz CT molecular complexity index is 1420. The van der Waals surface area contributed by atoms with Crippen LogP contribution in [0.4, 0.5) is 0 Å². The molecule has 3 aromatic carbocycles. The fraction of sp³-hybridized carbons (Fsp3) is 0.233. The van der Waals surface area contributed by atoms with Crippen LogP contribution in [0.3, 0.4) is 0 Å². The molecule has 0 N–H and O–H groups in total. The van der Waals surface area contributed by atoms with Crippen LogP contribution >= 0.6 is 0 Å². The number of hydrogen-bond acceptors (Lipinski definition) is 4. The molecule has 0 aliphatic rings. The van der Waals surface area contributed by atoms with Gasteiger partial charge in [-0.3, -0.25) is 0 Å². The Morgan fingerprint density at radius 3 is 2.42 bits per heavy atom. The Kier molecular flexibility index (Phi) is 6.94. The van der Waals surface area contributed by atoms with E-state index >= 15 is 0 Å². The van der Waals surface area contributed by atoms with E-state index in [1.165, 1.54) is 5.56 Å². The van der Waals surface area contributed by atoms with Crippen LogP contribution in [-0.2, 0) is 11.3 Å². The normalized spacial score (nSPS) is 12.2. The number of rotatable bonds is 9. The second-order valence-corrected chi connectivity index (χ2v) is 9.01. The number of aromatic nitrogens is 4. The van der Waals surface area contributed by atoms with Crippen molar-refractivity contribution in [3.05, 3.63) is 114 Å². The van der Waals surface area contributed by atoms with E-state index in [-0.39, 0.29) is 18.6 Å². The van der Waals surface area contributed by atoms with E-state index < -0.39 is 0 Å². The highest BCUT2D eigenvalue weighted by atomic mass is 16.5. The van der Waals surface area contributed by atoms with Crippen molar-refractivity contribution in [1.29, 1.82) is 0 Å². The molecule has 5 rings (SSSR count). The zero-order valence-corrected chi connectivity index (χ0v) is 20.6. The maximum Gasteiger partial charge on any atom is 0.338 e. The molecule has 1 atom stereocenters. The first-order valence-electron chi connectivity index (χ1n) is 12.4. The molecule has 0 fully saturated rings. The largest absolute Gasteiger partial charge is 0.457 e. The van der Waals surface area contributed by atoms with Gasteiger partial charge in [0.05, 0.1) is 17.1 Å². The Hall–Kier alpha value is -4.19. The molecular weight excluding hydrogens is 448 g/mol. The molecule has 36 heavy (non-hydrogen) atoms. The zero-order chi connectivity index (χ0) is 24.9. The van der Waals surface area contributed by atoms with Crippen LogP contribution in [0.2, 0.25) is 0 Å². The fourth-order valence-electron chi connectivity index (χ4n) is 4.87. The molecule has 2 heterocycles. The highest BCUT2D eigenvalue weighted by molar-refractivity contribution is 5.90. The van der Waals surface area contributed by atoms with Gasteiger partial charge in [-0.15, -0.1) is 0 Å². The lowest BCUT2D eigenvalue weighted by Crippen LogP contribution is -2.20. The summed E-state index contributed by atoms with van der Waals surface area (Å²) in [4.78, 5) is 16.7. The Morgan fingerprint density at radius 2 is 1.72 bits per heavy atom. The summed E-state index contributed by atoms with van der Waals surface area (Å²) in [5, 5.41) is 5.62. The number of carbonyl (C=O) groups excluding carboxylic acids is 1. The van der Waals surface area contributed by atoms with Gasteiger partial charge in [-0.2, -0.15) is 5.10 Å². The Labute approximate surface area is 211 Å². The van der Waals surface area contributed by atoms with Crippen molar-refractivity contribution >= 4 is 16.9 Å². The monoisotopic (exact) mass is 478 g/mol. The third kappa shape index (κ3) is 4.80. The van der Waals surface area contributed by atoms with Crippen LogP contribution in [0.15, 0.2) is 97.7 Å². The summed E-state index contributed by atoms with van der Waals surface area (Å²) in [6, 6.07) is 26.1. The number of hydrogen-bond donors (Lipinski definition) is 0. The number of benzene rings is 3. The maximum atomic E-state index is 12.5. The lowest BCUT2D eigenvalue weighted by Gasteiger charge is -2.26. The predicted molar refractivity (Wildman–Crippen MR) is 141 cm³/mol. The van der Waals surface area contributed by atoms with Gasteiger partial charge in [0.1, 0.15) is 19.3 Å². The van der Waals surface area contributed by atoms with Crippen LogP contribution in [0.1, 0.15) is 54.2 Å². The van der Waals surface area contributed by atoms with Crippen molar-refractivity contribution in [1.82, 2.24) is 19.3 Å². The van der Waals surface area contributed by atoms with Gasteiger partial charge in [0, 0.05) is 17.3 Å². The standard InChI is InChI=1S/C30H30N4O2/c1-3-23(4-2)29(34-21-31-20-32-34)26-12-15-28-25(18-26)16-17-33(28)27-13-10-24(11-14-27)30(35)36-19-22-8-6-5-7-9-22/h5-18,20-21,23,29H,3-4,19H2,1-2H3. The first-order valence-corrected chi connectivity index (χ1v) is 12.4. The minimum atomic E-state index is -0.326. The molecule has 0 aliphatic carbocycles. The molecule has 0 bridgehead atoms. The predicted octanol–water partition coefficient (Wildman–Crippen LogP) is 6.60. The lowest BCUT2D eigenvalue weighted by atomic mass is 9.88. The molecule has 0 aliphatic heterocycles. The highest BCUT2D eigenvalue weighted by Gasteiger charge is 2.23. The molecule has 0 radical (unpaired) electrons. The average molecular weight is 479 g/mol. The molecule has 6 heteroatoms. The third-order valence-corrected chi connectivity index (χ3v) is 6.87. The van der Waals surface area contributed by atoms with E-state index in [0.29, 0.717) is 11.5 Å². The molecule has 5 aromatic rings. The summed E-state index contributed by atoms with van der Waals surface area (Å²) in [6.07, 6.45) is 7.62. The molecule has 1 unspecified atom stereocenters. The minimum absolute atomic E-state index is 0.149. The minimum Gasteiger partial charge on any atom is -0.457 e. The van der Waals surface area contributed by atoms with E-state index in [0.717, 1.165) is 35.0 Å². The first-order chi connectivity index (χ1) is 17.7.